The maximum absolute atomic E-state index is 9.63. The Kier molecular flexibility index (Phi) is 4.92. The van der Waals surface area contributed by atoms with E-state index in [1.807, 2.05) is 0 Å². The Labute approximate surface area is 118 Å². The molecule has 1 rings (SSSR count). The maximum atomic E-state index is 9.63. The number of aromatic hydroxyl groups is 1. The molecule has 0 amide bonds. The molecule has 6 nitrogen and oxygen atoms in total. The van der Waals surface area contributed by atoms with Crippen molar-refractivity contribution in [2.24, 2.45) is 10.7 Å². The lowest BCUT2D eigenvalue weighted by Crippen LogP contribution is -1.97. The number of phenols is 1. The highest BCUT2D eigenvalue weighted by Crippen LogP contribution is 2.34. The third kappa shape index (κ3) is 3.47. The molecule has 1 aromatic rings. The molecule has 96 valence electrons. The number of hydrogen-bond donors (Lipinski definition) is 2. The van der Waals surface area contributed by atoms with E-state index in [1.54, 1.807) is 18.2 Å². The molecule has 0 saturated carbocycles. The van der Waals surface area contributed by atoms with Gasteiger partial charge in [0.2, 0.25) is 0 Å². The minimum atomic E-state index is -0.261. The van der Waals surface area contributed by atoms with E-state index in [4.69, 9.17) is 21.0 Å². The van der Waals surface area contributed by atoms with Gasteiger partial charge in [0.15, 0.2) is 17.2 Å². The average molecular weight is 321 g/mol. The molecule has 0 radical (unpaired) electrons. The Hall–Kier alpha value is -2.51. The monoisotopic (exact) mass is 320 g/mol. The lowest BCUT2D eigenvalue weighted by molar-refractivity contribution is 0.372. The fraction of sp³-hybridized carbons (Fsp3) is 0.0833. The minimum absolute atomic E-state index is 0.0350. The number of nitriles is 2. The number of ether oxygens (including phenoxy) is 1. The van der Waals surface area contributed by atoms with Crippen molar-refractivity contribution in [3.8, 4) is 23.6 Å². The molecule has 0 aromatic heterocycles. The Morgan fingerprint density at radius 2 is 2.16 bits per heavy atom. The molecule has 0 spiro atoms. The summed E-state index contributed by atoms with van der Waals surface area (Å²) in [6.07, 6.45) is 1.34. The molecule has 0 fully saturated rings. The highest BCUT2D eigenvalue weighted by Gasteiger charge is 2.07. The van der Waals surface area contributed by atoms with Crippen LogP contribution in [-0.4, -0.2) is 18.4 Å². The lowest BCUT2D eigenvalue weighted by Gasteiger charge is -2.06. The molecule has 0 aliphatic heterocycles. The molecular weight excluding hydrogens is 312 g/mol. The summed E-state index contributed by atoms with van der Waals surface area (Å²) in [7, 11) is 1.41. The van der Waals surface area contributed by atoms with Crippen molar-refractivity contribution < 1.29 is 9.84 Å². The second-order valence-corrected chi connectivity index (χ2v) is 4.15. The van der Waals surface area contributed by atoms with Crippen LogP contribution in [0, 0.1) is 22.7 Å². The summed E-state index contributed by atoms with van der Waals surface area (Å²) < 4.78 is 5.39. The van der Waals surface area contributed by atoms with Gasteiger partial charge < -0.3 is 15.6 Å². The Balaban J connectivity index is 3.18. The first-order valence-corrected chi connectivity index (χ1v) is 5.73. The van der Waals surface area contributed by atoms with Gasteiger partial charge in [-0.1, -0.05) is 0 Å². The number of benzene rings is 1. The van der Waals surface area contributed by atoms with Crippen LogP contribution in [0.4, 0.5) is 0 Å². The van der Waals surface area contributed by atoms with E-state index >= 15 is 0 Å². The predicted molar refractivity (Wildman–Crippen MR) is 72.4 cm³/mol. The molecule has 1 aromatic carbocycles. The molecule has 0 unspecified atom stereocenters. The van der Waals surface area contributed by atoms with E-state index in [0.717, 1.165) is 0 Å². The Morgan fingerprint density at radius 3 is 2.68 bits per heavy atom. The summed E-state index contributed by atoms with van der Waals surface area (Å²) >= 11 is 3.16. The molecule has 19 heavy (non-hydrogen) atoms. The minimum Gasteiger partial charge on any atom is -0.503 e. The first-order valence-electron chi connectivity index (χ1n) is 4.94. The number of nitrogens with zero attached hydrogens (tertiary/aromatic N) is 3. The van der Waals surface area contributed by atoms with Gasteiger partial charge in [-0.05, 0) is 33.6 Å². The standard InChI is InChI=1S/C12H9BrN4O2/c1-19-11-3-7(2-8(13)12(11)18)6-17-10(5-15)9(16)4-14/h2-3,6,18H,16H2,1H3. The van der Waals surface area contributed by atoms with Crippen LogP contribution in [0.3, 0.4) is 0 Å². The zero-order valence-corrected chi connectivity index (χ0v) is 11.5. The van der Waals surface area contributed by atoms with E-state index in [2.05, 4.69) is 20.9 Å². The number of hydrogen-bond acceptors (Lipinski definition) is 6. The van der Waals surface area contributed by atoms with Crippen molar-refractivity contribution >= 4 is 22.1 Å². The predicted octanol–water partition coefficient (Wildman–Crippen LogP) is 1.80. The van der Waals surface area contributed by atoms with E-state index in [0.29, 0.717) is 10.0 Å². The summed E-state index contributed by atoms with van der Waals surface area (Å²) in [5.41, 5.74) is 5.44. The number of methoxy groups -OCH3 is 1. The third-order valence-corrected chi connectivity index (χ3v) is 2.70. The number of nitrogens with two attached hydrogens (primary N) is 1. The van der Waals surface area contributed by atoms with Crippen molar-refractivity contribution in [2.45, 2.75) is 0 Å². The number of aliphatic imine (C=N–C) groups is 1. The zero-order chi connectivity index (χ0) is 14.4. The van der Waals surface area contributed by atoms with Gasteiger partial charge in [0.25, 0.3) is 0 Å². The van der Waals surface area contributed by atoms with Gasteiger partial charge in [0.05, 0.1) is 11.6 Å². The van der Waals surface area contributed by atoms with Crippen LogP contribution in [-0.2, 0) is 0 Å². The summed E-state index contributed by atoms with van der Waals surface area (Å²) in [5, 5.41) is 27.0. The van der Waals surface area contributed by atoms with Gasteiger partial charge in [-0.15, -0.1) is 0 Å². The lowest BCUT2D eigenvalue weighted by atomic mass is 10.2. The normalized spacial score (nSPS) is 11.6. The second-order valence-electron chi connectivity index (χ2n) is 3.30. The molecular formula is C12H9BrN4O2. The smallest absolute Gasteiger partial charge is 0.174 e. The van der Waals surface area contributed by atoms with Crippen molar-refractivity contribution in [1.29, 1.82) is 10.5 Å². The van der Waals surface area contributed by atoms with Gasteiger partial charge in [-0.25, -0.2) is 4.99 Å². The van der Waals surface area contributed by atoms with Crippen LogP contribution in [0.5, 0.6) is 11.5 Å². The molecule has 0 atom stereocenters. The fourth-order valence-corrected chi connectivity index (χ4v) is 1.63. The molecule has 0 bridgehead atoms. The highest BCUT2D eigenvalue weighted by molar-refractivity contribution is 9.10. The summed E-state index contributed by atoms with van der Waals surface area (Å²) in [5.74, 6) is 0.221. The van der Waals surface area contributed by atoms with Crippen molar-refractivity contribution in [1.82, 2.24) is 0 Å². The maximum Gasteiger partial charge on any atom is 0.174 e. The summed E-state index contributed by atoms with van der Waals surface area (Å²) in [6.45, 7) is 0. The van der Waals surface area contributed by atoms with Gasteiger partial charge in [0, 0.05) is 6.21 Å². The largest absolute Gasteiger partial charge is 0.503 e. The van der Waals surface area contributed by atoms with E-state index in [1.165, 1.54) is 19.4 Å². The molecule has 3 N–H and O–H groups in total. The van der Waals surface area contributed by atoms with E-state index in [-0.39, 0.29) is 22.9 Å². The van der Waals surface area contributed by atoms with Crippen LogP contribution >= 0.6 is 15.9 Å². The Morgan fingerprint density at radius 1 is 1.47 bits per heavy atom. The summed E-state index contributed by atoms with van der Waals surface area (Å²) in [6, 6.07) is 6.47. The van der Waals surface area contributed by atoms with E-state index < -0.39 is 0 Å². The molecule has 0 aliphatic carbocycles. The number of allylic oxidation sites excluding steroid dienone is 2. The van der Waals surface area contributed by atoms with Gasteiger partial charge >= 0.3 is 0 Å². The number of phenolic OH excluding ortho intramolecular Hbond substituents is 1. The topological polar surface area (TPSA) is 115 Å². The quantitative estimate of drug-likeness (QED) is 0.650. The molecule has 0 aliphatic rings. The SMILES string of the molecule is COc1cc(C=NC(C#N)=C(N)C#N)cc(Br)c1O. The van der Waals surface area contributed by atoms with Crippen LogP contribution in [0.25, 0.3) is 0 Å². The summed E-state index contributed by atoms with van der Waals surface area (Å²) in [4.78, 5) is 3.82. The van der Waals surface area contributed by atoms with Crippen LogP contribution in [0.2, 0.25) is 0 Å². The molecule has 0 heterocycles. The first-order chi connectivity index (χ1) is 9.03. The molecule has 7 heteroatoms. The highest BCUT2D eigenvalue weighted by atomic mass is 79.9. The van der Waals surface area contributed by atoms with Crippen LogP contribution in [0.15, 0.2) is 33.0 Å². The first kappa shape index (κ1) is 14.6. The third-order valence-electron chi connectivity index (χ3n) is 2.09. The van der Waals surface area contributed by atoms with Crippen LogP contribution < -0.4 is 10.5 Å². The van der Waals surface area contributed by atoms with Crippen molar-refractivity contribution in [3.05, 3.63) is 33.6 Å². The average Bonchev–Trinajstić information content (AvgIpc) is 2.42. The second kappa shape index (κ2) is 6.43. The fourth-order valence-electron chi connectivity index (χ4n) is 1.17. The van der Waals surface area contributed by atoms with Crippen molar-refractivity contribution in [2.75, 3.05) is 7.11 Å². The van der Waals surface area contributed by atoms with Gasteiger partial charge in [-0.3, -0.25) is 0 Å². The van der Waals surface area contributed by atoms with Crippen LogP contribution in [0.1, 0.15) is 5.56 Å². The molecule has 0 saturated heterocycles. The van der Waals surface area contributed by atoms with Gasteiger partial charge in [-0.2, -0.15) is 10.5 Å². The van der Waals surface area contributed by atoms with Crippen molar-refractivity contribution in [3.63, 3.8) is 0 Å². The van der Waals surface area contributed by atoms with E-state index in [9.17, 15) is 5.11 Å². The number of halogens is 1. The Bertz CT molecular complexity index is 638. The zero-order valence-electron chi connectivity index (χ0n) is 9.88. The number of rotatable bonds is 3. The van der Waals surface area contributed by atoms with Gasteiger partial charge in [0.1, 0.15) is 17.8 Å².